The predicted octanol–water partition coefficient (Wildman–Crippen LogP) is 1.08. The fourth-order valence-electron chi connectivity index (χ4n) is 2.42. The van der Waals surface area contributed by atoms with Crippen molar-refractivity contribution in [3.05, 3.63) is 28.7 Å². The summed E-state index contributed by atoms with van der Waals surface area (Å²) in [5, 5.41) is 13.1. The molecule has 0 saturated carbocycles. The minimum absolute atomic E-state index is 0.00282. The van der Waals surface area contributed by atoms with Crippen LogP contribution >= 0.6 is 0 Å². The maximum absolute atomic E-state index is 12.5. The van der Waals surface area contributed by atoms with Crippen LogP contribution in [0.15, 0.2) is 11.8 Å². The van der Waals surface area contributed by atoms with Gasteiger partial charge in [0.15, 0.2) is 5.69 Å². The Morgan fingerprint density at radius 3 is 2.68 bits per heavy atom. The number of hydrogen-bond acceptors (Lipinski definition) is 4. The number of aromatic carboxylic acids is 1. The van der Waals surface area contributed by atoms with Crippen molar-refractivity contribution in [3.8, 4) is 0 Å². The van der Waals surface area contributed by atoms with E-state index in [1.54, 1.807) is 13.2 Å². The first kappa shape index (κ1) is 13.3. The molecule has 0 saturated heterocycles. The number of nitrogens with zero attached hydrogens (tertiary/aromatic N) is 3. The first-order chi connectivity index (χ1) is 8.91. The van der Waals surface area contributed by atoms with Crippen LogP contribution in [0.4, 0.5) is 0 Å². The van der Waals surface area contributed by atoms with E-state index in [2.05, 4.69) is 5.10 Å². The minimum Gasteiger partial charge on any atom is -0.476 e. The number of carbonyl (C=O) groups excluding carboxylic acids is 1. The van der Waals surface area contributed by atoms with Crippen LogP contribution in [0, 0.1) is 0 Å². The van der Waals surface area contributed by atoms with E-state index in [1.165, 1.54) is 4.68 Å². The van der Waals surface area contributed by atoms with Crippen LogP contribution in [-0.2, 0) is 13.5 Å². The number of rotatable bonds is 2. The average molecular weight is 263 g/mol. The summed E-state index contributed by atoms with van der Waals surface area (Å²) in [5.74, 6) is -1.20. The van der Waals surface area contributed by atoms with Crippen molar-refractivity contribution in [1.29, 1.82) is 0 Å². The third-order valence-corrected chi connectivity index (χ3v) is 3.14. The first-order valence-corrected chi connectivity index (χ1v) is 6.12. The van der Waals surface area contributed by atoms with E-state index >= 15 is 0 Å². The van der Waals surface area contributed by atoms with Crippen LogP contribution in [0.1, 0.15) is 39.4 Å². The van der Waals surface area contributed by atoms with Crippen molar-refractivity contribution in [2.24, 2.45) is 7.05 Å². The van der Waals surface area contributed by atoms with Crippen LogP contribution in [0.2, 0.25) is 0 Å². The highest BCUT2D eigenvalue weighted by Gasteiger charge is 2.29. The molecule has 2 rings (SSSR count). The number of ketones is 1. The Morgan fingerprint density at radius 1 is 1.42 bits per heavy atom. The minimum atomic E-state index is -1.08. The molecule has 19 heavy (non-hydrogen) atoms. The molecule has 1 aliphatic carbocycles. The van der Waals surface area contributed by atoms with Gasteiger partial charge in [0, 0.05) is 38.5 Å². The molecular weight excluding hydrogens is 246 g/mol. The van der Waals surface area contributed by atoms with Crippen molar-refractivity contribution in [1.82, 2.24) is 14.7 Å². The molecule has 1 aromatic heterocycles. The largest absolute Gasteiger partial charge is 0.476 e. The molecule has 1 aromatic rings. The highest BCUT2D eigenvalue weighted by atomic mass is 16.4. The molecule has 0 aliphatic heterocycles. The van der Waals surface area contributed by atoms with Gasteiger partial charge in [-0.1, -0.05) is 0 Å². The summed E-state index contributed by atoms with van der Waals surface area (Å²) < 4.78 is 1.38. The second kappa shape index (κ2) is 4.87. The number of hydrogen-bond donors (Lipinski definition) is 1. The van der Waals surface area contributed by atoms with Gasteiger partial charge in [-0.05, 0) is 19.3 Å². The Labute approximate surface area is 111 Å². The average Bonchev–Trinajstić information content (AvgIpc) is 2.55. The van der Waals surface area contributed by atoms with Crippen molar-refractivity contribution in [2.75, 3.05) is 14.1 Å². The molecule has 0 fully saturated rings. The molecule has 0 bridgehead atoms. The first-order valence-electron chi connectivity index (χ1n) is 6.12. The quantitative estimate of drug-likeness (QED) is 0.638. The lowest BCUT2D eigenvalue weighted by molar-refractivity contribution is 0.0688. The van der Waals surface area contributed by atoms with Crippen LogP contribution < -0.4 is 0 Å². The molecule has 1 N–H and O–H groups in total. The number of allylic oxidation sites excluding steroid dienone is 1. The summed E-state index contributed by atoms with van der Waals surface area (Å²) in [6.45, 7) is 0. The van der Waals surface area contributed by atoms with Gasteiger partial charge in [-0.25, -0.2) is 4.79 Å². The van der Waals surface area contributed by atoms with E-state index in [-0.39, 0.29) is 11.5 Å². The molecule has 0 radical (unpaired) electrons. The van der Waals surface area contributed by atoms with Crippen molar-refractivity contribution >= 4 is 11.8 Å². The fourth-order valence-corrected chi connectivity index (χ4v) is 2.42. The molecule has 1 aliphatic rings. The Bertz CT molecular complexity index is 570. The summed E-state index contributed by atoms with van der Waals surface area (Å²) in [6.07, 6.45) is 3.78. The van der Waals surface area contributed by atoms with Gasteiger partial charge in [-0.2, -0.15) is 5.10 Å². The zero-order valence-corrected chi connectivity index (χ0v) is 11.3. The van der Waals surface area contributed by atoms with E-state index in [4.69, 9.17) is 5.11 Å². The van der Waals surface area contributed by atoms with Crippen LogP contribution in [0.25, 0.3) is 0 Å². The Morgan fingerprint density at radius 2 is 2.11 bits per heavy atom. The zero-order valence-electron chi connectivity index (χ0n) is 11.3. The summed E-state index contributed by atoms with van der Waals surface area (Å²) in [6, 6.07) is 0. The lowest BCUT2D eigenvalue weighted by Gasteiger charge is -2.09. The molecule has 0 amide bonds. The van der Waals surface area contributed by atoms with E-state index in [0.717, 1.165) is 6.42 Å². The molecule has 0 spiro atoms. The summed E-state index contributed by atoms with van der Waals surface area (Å²) in [4.78, 5) is 25.5. The number of carboxylic acid groups (broad SMARTS) is 1. The van der Waals surface area contributed by atoms with Gasteiger partial charge in [-0.3, -0.25) is 9.48 Å². The van der Waals surface area contributed by atoms with Gasteiger partial charge in [-0.15, -0.1) is 0 Å². The predicted molar refractivity (Wildman–Crippen MR) is 69.2 cm³/mol. The van der Waals surface area contributed by atoms with Crippen molar-refractivity contribution < 1.29 is 14.7 Å². The summed E-state index contributed by atoms with van der Waals surface area (Å²) in [5.41, 5.74) is 1.66. The molecule has 102 valence electrons. The lowest BCUT2D eigenvalue weighted by Crippen LogP contribution is -2.13. The number of aromatic nitrogens is 2. The Balaban J connectivity index is 2.55. The fraction of sp³-hybridized carbons (Fsp3) is 0.462. The number of carbonyl (C=O) groups is 2. The normalized spacial score (nSPS) is 17.2. The Kier molecular flexibility index (Phi) is 3.42. The number of aryl methyl sites for hydroxylation is 1. The lowest BCUT2D eigenvalue weighted by atomic mass is 10.1. The molecular formula is C13H17N3O3. The maximum Gasteiger partial charge on any atom is 0.356 e. The molecule has 1 heterocycles. The number of fused-ring (bicyclic) bond motifs is 1. The standard InChI is InChI=1S/C13H17N3O3/c1-15(2)7-8-5-4-6-9-10(13(18)19)14-16(3)11(9)12(8)17/h7H,4-6H2,1-3H3,(H,18,19). The maximum atomic E-state index is 12.5. The van der Waals surface area contributed by atoms with Gasteiger partial charge in [0.05, 0.1) is 0 Å². The van der Waals surface area contributed by atoms with Crippen molar-refractivity contribution in [2.45, 2.75) is 19.3 Å². The van der Waals surface area contributed by atoms with E-state index in [0.29, 0.717) is 29.7 Å². The monoisotopic (exact) mass is 263 g/mol. The van der Waals surface area contributed by atoms with E-state index < -0.39 is 5.97 Å². The molecule has 6 nitrogen and oxygen atoms in total. The highest BCUT2D eigenvalue weighted by Crippen LogP contribution is 2.26. The third-order valence-electron chi connectivity index (χ3n) is 3.14. The second-order valence-corrected chi connectivity index (χ2v) is 4.91. The second-order valence-electron chi connectivity index (χ2n) is 4.91. The Hall–Kier alpha value is -2.11. The SMILES string of the molecule is CN(C)C=C1CCCc2c(C(=O)O)nn(C)c2C1=O. The smallest absolute Gasteiger partial charge is 0.356 e. The van der Waals surface area contributed by atoms with Gasteiger partial charge < -0.3 is 10.0 Å². The topological polar surface area (TPSA) is 75.4 Å². The van der Waals surface area contributed by atoms with Gasteiger partial charge in [0.25, 0.3) is 0 Å². The van der Waals surface area contributed by atoms with Crippen LogP contribution in [-0.4, -0.2) is 45.6 Å². The van der Waals surface area contributed by atoms with Gasteiger partial charge in [0.1, 0.15) is 5.69 Å². The third kappa shape index (κ3) is 2.38. The van der Waals surface area contributed by atoms with Gasteiger partial charge in [0.2, 0.25) is 5.78 Å². The highest BCUT2D eigenvalue weighted by molar-refractivity contribution is 6.10. The zero-order chi connectivity index (χ0) is 14.2. The van der Waals surface area contributed by atoms with Gasteiger partial charge >= 0.3 is 5.97 Å². The van der Waals surface area contributed by atoms with E-state index in [9.17, 15) is 9.59 Å². The molecule has 0 aromatic carbocycles. The number of carboxylic acids is 1. The van der Waals surface area contributed by atoms with Crippen LogP contribution in [0.3, 0.4) is 0 Å². The molecule has 0 atom stereocenters. The van der Waals surface area contributed by atoms with E-state index in [1.807, 2.05) is 19.0 Å². The molecule has 6 heteroatoms. The van der Waals surface area contributed by atoms with Crippen molar-refractivity contribution in [3.63, 3.8) is 0 Å². The summed E-state index contributed by atoms with van der Waals surface area (Å²) in [7, 11) is 5.33. The van der Waals surface area contributed by atoms with Crippen LogP contribution in [0.5, 0.6) is 0 Å². The number of Topliss-reactive ketones (excluding diaryl/α,β-unsaturated/α-hetero) is 1. The molecule has 0 unspecified atom stereocenters. The summed E-state index contributed by atoms with van der Waals surface area (Å²) >= 11 is 0.